The summed E-state index contributed by atoms with van der Waals surface area (Å²) in [6.07, 6.45) is -0.700. The molecule has 0 unspecified atom stereocenters. The Hall–Kier alpha value is -3.06. The van der Waals surface area contributed by atoms with Gasteiger partial charge in [0.15, 0.2) is 5.13 Å². The molecule has 2 heterocycles. The van der Waals surface area contributed by atoms with E-state index in [1.165, 1.54) is 5.38 Å². The van der Waals surface area contributed by atoms with E-state index in [0.29, 0.717) is 0 Å². The summed E-state index contributed by atoms with van der Waals surface area (Å²) in [5, 5.41) is 9.48. The minimum atomic E-state index is -1.06. The van der Waals surface area contributed by atoms with Crippen LogP contribution in [0.5, 0.6) is 0 Å². The van der Waals surface area contributed by atoms with E-state index in [-0.39, 0.29) is 35.5 Å². The van der Waals surface area contributed by atoms with Crippen molar-refractivity contribution in [1.29, 1.82) is 0 Å². The molecule has 1 fully saturated rings. The molecule has 2 rings (SSSR count). The molecule has 13 heteroatoms. The van der Waals surface area contributed by atoms with Crippen LogP contribution in [0.1, 0.15) is 61.1 Å². The number of aliphatic imine (C=N–C) groups is 1. The molecule has 1 aromatic rings. The number of anilines is 1. The Bertz CT molecular complexity index is 1040. The summed E-state index contributed by atoms with van der Waals surface area (Å²) in [5.41, 5.74) is 3.24. The van der Waals surface area contributed by atoms with E-state index in [1.54, 1.807) is 55.4 Å². The Labute approximate surface area is 214 Å². The van der Waals surface area contributed by atoms with Gasteiger partial charge in [-0.15, -0.1) is 11.3 Å². The average molecular weight is 525 g/mol. The molecular formula is C23H36N6O6S. The Morgan fingerprint density at radius 2 is 1.72 bits per heavy atom. The number of rotatable bonds is 8. The van der Waals surface area contributed by atoms with Crippen LogP contribution in [0.4, 0.5) is 9.93 Å². The Morgan fingerprint density at radius 3 is 2.25 bits per heavy atom. The van der Waals surface area contributed by atoms with Crippen LogP contribution in [-0.4, -0.2) is 70.9 Å². The molecule has 2 atom stereocenters. The Kier molecular flexibility index (Phi) is 8.84. The number of β-lactam (4-membered cyclic amide) rings is 1. The van der Waals surface area contributed by atoms with Crippen LogP contribution in [0.15, 0.2) is 10.4 Å². The van der Waals surface area contributed by atoms with Crippen LogP contribution in [-0.2, 0) is 23.9 Å². The number of ether oxygens (including phenoxy) is 2. The largest absolute Gasteiger partial charge is 0.460 e. The number of hydrogen-bond acceptors (Lipinski definition) is 10. The van der Waals surface area contributed by atoms with Crippen molar-refractivity contribution >= 4 is 46.1 Å². The number of nitrogens with one attached hydrogen (secondary N) is 3. The summed E-state index contributed by atoms with van der Waals surface area (Å²) in [5.74, 6) is -1.51. The summed E-state index contributed by atoms with van der Waals surface area (Å²) in [6.45, 7) is 13.8. The van der Waals surface area contributed by atoms with Gasteiger partial charge in [-0.25, -0.2) is 9.78 Å². The van der Waals surface area contributed by atoms with Gasteiger partial charge in [-0.05, 0) is 55.4 Å². The van der Waals surface area contributed by atoms with Crippen molar-refractivity contribution in [2.24, 2.45) is 16.1 Å². The third-order valence-electron chi connectivity index (χ3n) is 4.71. The molecule has 0 spiro atoms. The zero-order valence-electron chi connectivity index (χ0n) is 22.0. The molecule has 200 valence electrons. The van der Waals surface area contributed by atoms with Crippen molar-refractivity contribution in [2.75, 3.05) is 18.4 Å². The highest BCUT2D eigenvalue weighted by molar-refractivity contribution is 7.14. The highest BCUT2D eigenvalue weighted by Crippen LogP contribution is 2.23. The van der Waals surface area contributed by atoms with Crippen LogP contribution >= 0.6 is 11.3 Å². The minimum absolute atomic E-state index is 0.0891. The molecule has 1 aliphatic rings. The highest BCUT2D eigenvalue weighted by atomic mass is 32.1. The molecule has 1 aliphatic heterocycles. The van der Waals surface area contributed by atoms with Crippen LogP contribution in [0.3, 0.4) is 0 Å². The van der Waals surface area contributed by atoms with Gasteiger partial charge >= 0.3 is 12.1 Å². The van der Waals surface area contributed by atoms with E-state index >= 15 is 0 Å². The maximum absolute atomic E-state index is 13.2. The lowest BCUT2D eigenvalue weighted by Crippen LogP contribution is -2.71. The fourth-order valence-corrected chi connectivity index (χ4v) is 3.55. The summed E-state index contributed by atoms with van der Waals surface area (Å²) >= 11 is 1.07. The smallest absolute Gasteiger partial charge is 0.413 e. The SMILES string of the molecule is CC(C)(C)OC(=O)Nc1nc(/C(=N/CC(C)(C)C(=O)OC(C)(C)C)C(=O)N[C@@H]2C(=O)N[C@@H]2CN)cs1. The van der Waals surface area contributed by atoms with Crippen molar-refractivity contribution in [3.63, 3.8) is 0 Å². The number of esters is 1. The second-order valence-corrected chi connectivity index (χ2v) is 11.9. The first-order valence-electron chi connectivity index (χ1n) is 11.5. The third kappa shape index (κ3) is 8.26. The van der Waals surface area contributed by atoms with Gasteiger partial charge < -0.3 is 25.8 Å². The van der Waals surface area contributed by atoms with Gasteiger partial charge in [0, 0.05) is 11.9 Å². The van der Waals surface area contributed by atoms with Crippen molar-refractivity contribution in [3.8, 4) is 0 Å². The zero-order chi connectivity index (χ0) is 27.5. The average Bonchev–Trinajstić information content (AvgIpc) is 3.15. The lowest BCUT2D eigenvalue weighted by atomic mass is 9.93. The minimum Gasteiger partial charge on any atom is -0.460 e. The Balaban J connectivity index is 2.30. The van der Waals surface area contributed by atoms with Gasteiger partial charge in [0.1, 0.15) is 28.6 Å². The monoisotopic (exact) mass is 524 g/mol. The highest BCUT2D eigenvalue weighted by Gasteiger charge is 2.40. The molecule has 12 nitrogen and oxygen atoms in total. The summed E-state index contributed by atoms with van der Waals surface area (Å²) in [6, 6.07) is -1.22. The van der Waals surface area contributed by atoms with E-state index < -0.39 is 46.7 Å². The maximum atomic E-state index is 13.2. The molecule has 36 heavy (non-hydrogen) atoms. The molecule has 0 aliphatic carbocycles. The van der Waals surface area contributed by atoms with E-state index in [2.05, 4.69) is 25.9 Å². The van der Waals surface area contributed by atoms with E-state index in [4.69, 9.17) is 15.2 Å². The fraction of sp³-hybridized carbons (Fsp3) is 0.652. The first-order valence-corrected chi connectivity index (χ1v) is 12.3. The van der Waals surface area contributed by atoms with Gasteiger partial charge in [-0.1, -0.05) is 0 Å². The topological polar surface area (TPSA) is 174 Å². The number of nitrogens with two attached hydrogens (primary N) is 1. The summed E-state index contributed by atoms with van der Waals surface area (Å²) in [7, 11) is 0. The van der Waals surface area contributed by atoms with Gasteiger partial charge in [-0.2, -0.15) is 0 Å². The van der Waals surface area contributed by atoms with Gasteiger partial charge in [-0.3, -0.25) is 24.7 Å². The van der Waals surface area contributed by atoms with Crippen molar-refractivity contribution in [3.05, 3.63) is 11.1 Å². The number of carbonyl (C=O) groups is 4. The Morgan fingerprint density at radius 1 is 1.11 bits per heavy atom. The van der Waals surface area contributed by atoms with E-state index in [1.807, 2.05) is 0 Å². The van der Waals surface area contributed by atoms with Gasteiger partial charge in [0.2, 0.25) is 5.91 Å². The van der Waals surface area contributed by atoms with Crippen LogP contribution in [0, 0.1) is 5.41 Å². The molecule has 0 bridgehead atoms. The quantitative estimate of drug-likeness (QED) is 0.225. The van der Waals surface area contributed by atoms with Crippen LogP contribution in [0.2, 0.25) is 0 Å². The first kappa shape index (κ1) is 29.2. The molecule has 0 radical (unpaired) electrons. The van der Waals surface area contributed by atoms with Gasteiger partial charge in [0.25, 0.3) is 5.91 Å². The molecule has 1 aromatic heterocycles. The molecule has 0 saturated carbocycles. The van der Waals surface area contributed by atoms with Gasteiger partial charge in [0.05, 0.1) is 18.0 Å². The summed E-state index contributed by atoms with van der Waals surface area (Å²) in [4.78, 5) is 58.5. The number of nitrogens with zero attached hydrogens (tertiary/aromatic N) is 2. The number of thiazole rings is 1. The van der Waals surface area contributed by atoms with E-state index in [9.17, 15) is 19.2 Å². The molecule has 1 saturated heterocycles. The second-order valence-electron chi connectivity index (χ2n) is 11.0. The second kappa shape index (κ2) is 10.9. The normalized spacial score (nSPS) is 18.6. The lowest BCUT2D eigenvalue weighted by molar-refractivity contribution is -0.165. The zero-order valence-corrected chi connectivity index (χ0v) is 22.8. The number of carbonyl (C=O) groups excluding carboxylic acids is 4. The molecule has 5 N–H and O–H groups in total. The number of hydrogen-bond donors (Lipinski definition) is 4. The number of amides is 3. The summed E-state index contributed by atoms with van der Waals surface area (Å²) < 4.78 is 10.7. The van der Waals surface area contributed by atoms with Crippen LogP contribution in [0.25, 0.3) is 0 Å². The third-order valence-corrected chi connectivity index (χ3v) is 5.46. The van der Waals surface area contributed by atoms with Crippen LogP contribution < -0.4 is 21.7 Å². The standard InChI is InChI=1S/C23H36N6O6S/c1-21(2,3)34-18(32)23(7,8)11-25-14(16(30)28-15-12(9-24)26-17(15)31)13-10-36-19(27-13)29-20(33)35-22(4,5)6/h10,12,15H,9,11,24H2,1-8H3,(H,26,31)(H,28,30)(H,27,29,33)/b25-14-/t12-,15+/m1/s1. The first-order chi connectivity index (χ1) is 16.4. The lowest BCUT2D eigenvalue weighted by Gasteiger charge is -2.36. The van der Waals surface area contributed by atoms with Crippen molar-refractivity contribution < 1.29 is 28.7 Å². The molecule has 3 amide bonds. The number of aromatic nitrogens is 1. The van der Waals surface area contributed by atoms with Crippen molar-refractivity contribution in [1.82, 2.24) is 15.6 Å². The predicted molar refractivity (Wildman–Crippen MR) is 136 cm³/mol. The predicted octanol–water partition coefficient (Wildman–Crippen LogP) is 1.59. The van der Waals surface area contributed by atoms with E-state index in [0.717, 1.165) is 11.3 Å². The molecular weight excluding hydrogens is 488 g/mol. The maximum Gasteiger partial charge on any atom is 0.413 e. The molecule has 0 aromatic carbocycles. The fourth-order valence-electron chi connectivity index (χ4n) is 2.87. The van der Waals surface area contributed by atoms with Crippen molar-refractivity contribution in [2.45, 2.75) is 78.7 Å².